The van der Waals surface area contributed by atoms with Gasteiger partial charge in [-0.25, -0.2) is 4.98 Å². The van der Waals surface area contributed by atoms with Crippen LogP contribution in [-0.4, -0.2) is 21.6 Å². The number of aryl methyl sites for hydroxylation is 2. The molecule has 0 radical (unpaired) electrons. The first-order valence-corrected chi connectivity index (χ1v) is 10.4. The number of nitrogens with zero attached hydrogens (tertiary/aromatic N) is 2. The highest BCUT2D eigenvalue weighted by molar-refractivity contribution is 7.99. The number of para-hydroxylation sites is 2. The van der Waals surface area contributed by atoms with Crippen molar-refractivity contribution in [2.45, 2.75) is 43.7 Å². The van der Waals surface area contributed by atoms with E-state index < -0.39 is 0 Å². The maximum absolute atomic E-state index is 12.4. The van der Waals surface area contributed by atoms with Crippen LogP contribution in [0.5, 0.6) is 0 Å². The second kappa shape index (κ2) is 8.09. The van der Waals surface area contributed by atoms with E-state index in [0.29, 0.717) is 5.75 Å². The van der Waals surface area contributed by atoms with Gasteiger partial charge < -0.3 is 5.32 Å². The summed E-state index contributed by atoms with van der Waals surface area (Å²) in [5, 5.41) is 3.87. The molecule has 1 aromatic heterocycles. The van der Waals surface area contributed by atoms with E-state index in [1.165, 1.54) is 47.7 Å². The van der Waals surface area contributed by atoms with Crippen molar-refractivity contribution in [1.29, 1.82) is 0 Å². The average molecular weight is 378 g/mol. The summed E-state index contributed by atoms with van der Waals surface area (Å²) < 4.78 is 0. The number of carbonyl (C=O) groups is 1. The summed E-state index contributed by atoms with van der Waals surface area (Å²) in [6.07, 6.45) is 6.61. The third-order valence-electron chi connectivity index (χ3n) is 5.03. The molecule has 1 heterocycles. The summed E-state index contributed by atoms with van der Waals surface area (Å²) >= 11 is 1.42. The number of thioether (sulfide) groups is 1. The summed E-state index contributed by atoms with van der Waals surface area (Å²) in [5.41, 5.74) is 5.81. The van der Waals surface area contributed by atoms with E-state index in [0.717, 1.165) is 22.5 Å². The van der Waals surface area contributed by atoms with Gasteiger partial charge in [0.15, 0.2) is 0 Å². The van der Waals surface area contributed by atoms with Crippen molar-refractivity contribution in [3.05, 3.63) is 65.4 Å². The van der Waals surface area contributed by atoms with Gasteiger partial charge >= 0.3 is 0 Å². The molecule has 0 aliphatic heterocycles. The van der Waals surface area contributed by atoms with Gasteiger partial charge in [0.1, 0.15) is 5.03 Å². The largest absolute Gasteiger partial charge is 0.349 e. The molecule has 0 saturated carbocycles. The molecular weight excluding hydrogens is 354 g/mol. The fourth-order valence-corrected chi connectivity index (χ4v) is 4.19. The molecular formula is C22H23N3OS. The highest BCUT2D eigenvalue weighted by Crippen LogP contribution is 2.25. The Bertz CT molecular complexity index is 973. The normalized spacial score (nSPS) is 14.6. The third-order valence-corrected chi connectivity index (χ3v) is 5.93. The molecule has 1 amide bonds. The van der Waals surface area contributed by atoms with Crippen LogP contribution in [0, 0.1) is 0 Å². The summed E-state index contributed by atoms with van der Waals surface area (Å²) in [6, 6.07) is 14.4. The first kappa shape index (κ1) is 18.0. The van der Waals surface area contributed by atoms with E-state index >= 15 is 0 Å². The molecule has 27 heavy (non-hydrogen) atoms. The number of carbonyl (C=O) groups excluding carboxylic acids is 1. The number of fused-ring (bicyclic) bond motifs is 2. The zero-order valence-corrected chi connectivity index (χ0v) is 16.3. The van der Waals surface area contributed by atoms with Gasteiger partial charge in [0.2, 0.25) is 5.91 Å². The molecule has 0 unspecified atom stereocenters. The number of aromatic nitrogens is 2. The molecule has 1 N–H and O–H groups in total. The Morgan fingerprint density at radius 2 is 1.89 bits per heavy atom. The Kier molecular flexibility index (Phi) is 5.39. The molecule has 2 aromatic carbocycles. The van der Waals surface area contributed by atoms with Gasteiger partial charge in [-0.2, -0.15) is 0 Å². The quantitative estimate of drug-likeness (QED) is 0.666. The van der Waals surface area contributed by atoms with E-state index in [1.807, 2.05) is 31.2 Å². The SMILES string of the molecule is C[C@@H](NC(=O)CSc1cnc2ccccc2n1)c1ccc2c(c1)CCCC2. The Hall–Kier alpha value is -2.40. The average Bonchev–Trinajstić information content (AvgIpc) is 2.71. The second-order valence-electron chi connectivity index (χ2n) is 7.01. The van der Waals surface area contributed by atoms with E-state index in [2.05, 4.69) is 33.5 Å². The van der Waals surface area contributed by atoms with E-state index in [1.54, 1.807) is 6.20 Å². The first-order valence-electron chi connectivity index (χ1n) is 9.45. The molecule has 4 rings (SSSR count). The van der Waals surface area contributed by atoms with E-state index in [9.17, 15) is 4.79 Å². The number of hydrogen-bond acceptors (Lipinski definition) is 4. The fraction of sp³-hybridized carbons (Fsp3) is 0.318. The van der Waals surface area contributed by atoms with Crippen LogP contribution in [0.2, 0.25) is 0 Å². The van der Waals surface area contributed by atoms with Crippen molar-refractivity contribution in [3.8, 4) is 0 Å². The van der Waals surface area contributed by atoms with Crippen LogP contribution < -0.4 is 5.32 Å². The van der Waals surface area contributed by atoms with Crippen LogP contribution >= 0.6 is 11.8 Å². The van der Waals surface area contributed by atoms with Crippen LogP contribution in [0.3, 0.4) is 0 Å². The van der Waals surface area contributed by atoms with Gasteiger partial charge in [0, 0.05) is 0 Å². The highest BCUT2D eigenvalue weighted by atomic mass is 32.2. The number of rotatable bonds is 5. The number of amides is 1. The first-order chi connectivity index (χ1) is 13.2. The Morgan fingerprint density at radius 3 is 2.74 bits per heavy atom. The third kappa shape index (κ3) is 4.30. The lowest BCUT2D eigenvalue weighted by atomic mass is 9.89. The van der Waals surface area contributed by atoms with E-state index in [-0.39, 0.29) is 11.9 Å². The molecule has 1 aliphatic rings. The van der Waals surface area contributed by atoms with Crippen molar-refractivity contribution in [2.75, 3.05) is 5.75 Å². The molecule has 138 valence electrons. The van der Waals surface area contributed by atoms with Gasteiger partial charge in [0.05, 0.1) is 29.0 Å². The molecule has 1 aliphatic carbocycles. The Morgan fingerprint density at radius 1 is 1.11 bits per heavy atom. The minimum Gasteiger partial charge on any atom is -0.349 e. The topological polar surface area (TPSA) is 54.9 Å². The zero-order chi connectivity index (χ0) is 18.6. The summed E-state index contributed by atoms with van der Waals surface area (Å²) in [5.74, 6) is 0.350. The maximum Gasteiger partial charge on any atom is 0.230 e. The van der Waals surface area contributed by atoms with Crippen LogP contribution in [0.4, 0.5) is 0 Å². The molecule has 3 aromatic rings. The highest BCUT2D eigenvalue weighted by Gasteiger charge is 2.14. The summed E-state index contributed by atoms with van der Waals surface area (Å²) in [7, 11) is 0. The lowest BCUT2D eigenvalue weighted by Gasteiger charge is -2.20. The van der Waals surface area contributed by atoms with Gasteiger partial charge in [-0.05, 0) is 61.4 Å². The molecule has 1 atom stereocenters. The Balaban J connectivity index is 1.35. The Labute approximate surface area is 163 Å². The molecule has 4 nitrogen and oxygen atoms in total. The minimum atomic E-state index is 0.00742. The van der Waals surface area contributed by atoms with Crippen LogP contribution in [0.15, 0.2) is 53.7 Å². The van der Waals surface area contributed by atoms with Crippen molar-refractivity contribution >= 4 is 28.7 Å². The van der Waals surface area contributed by atoms with Gasteiger partial charge in [-0.15, -0.1) is 0 Å². The van der Waals surface area contributed by atoms with Gasteiger partial charge in [0.25, 0.3) is 0 Å². The van der Waals surface area contributed by atoms with Crippen molar-refractivity contribution in [3.63, 3.8) is 0 Å². The van der Waals surface area contributed by atoms with Crippen LogP contribution in [0.1, 0.15) is 42.5 Å². The minimum absolute atomic E-state index is 0.00742. The van der Waals surface area contributed by atoms with Crippen LogP contribution in [-0.2, 0) is 17.6 Å². The zero-order valence-electron chi connectivity index (χ0n) is 15.4. The second-order valence-corrected chi connectivity index (χ2v) is 8.01. The lowest BCUT2D eigenvalue weighted by molar-refractivity contribution is -0.119. The monoisotopic (exact) mass is 377 g/mol. The molecule has 0 spiro atoms. The number of hydrogen-bond donors (Lipinski definition) is 1. The smallest absolute Gasteiger partial charge is 0.230 e. The van der Waals surface area contributed by atoms with Crippen molar-refractivity contribution < 1.29 is 4.79 Å². The number of benzene rings is 2. The molecule has 5 heteroatoms. The van der Waals surface area contributed by atoms with Crippen molar-refractivity contribution in [2.24, 2.45) is 0 Å². The molecule has 0 bridgehead atoms. The van der Waals surface area contributed by atoms with Gasteiger partial charge in [-0.1, -0.05) is 42.1 Å². The summed E-state index contributed by atoms with van der Waals surface area (Å²) in [4.78, 5) is 21.3. The van der Waals surface area contributed by atoms with Crippen LogP contribution in [0.25, 0.3) is 11.0 Å². The summed E-state index contributed by atoms with van der Waals surface area (Å²) in [6.45, 7) is 2.04. The van der Waals surface area contributed by atoms with Gasteiger partial charge in [-0.3, -0.25) is 9.78 Å². The number of nitrogens with one attached hydrogen (secondary N) is 1. The standard InChI is InChI=1S/C22H23N3OS/c1-15(17-11-10-16-6-2-3-7-18(16)12-17)24-21(26)14-27-22-13-23-19-8-4-5-9-20(19)25-22/h4-5,8-13,15H,2-3,6-7,14H2,1H3,(H,24,26)/t15-/m1/s1. The van der Waals surface area contributed by atoms with Crippen molar-refractivity contribution in [1.82, 2.24) is 15.3 Å². The fourth-order valence-electron chi connectivity index (χ4n) is 3.54. The predicted octanol–water partition coefficient (Wildman–Crippen LogP) is 4.48. The maximum atomic E-state index is 12.4. The van der Waals surface area contributed by atoms with E-state index in [4.69, 9.17) is 0 Å². The predicted molar refractivity (Wildman–Crippen MR) is 110 cm³/mol. The molecule has 0 fully saturated rings. The lowest BCUT2D eigenvalue weighted by Crippen LogP contribution is -2.28. The molecule has 0 saturated heterocycles.